The Morgan fingerprint density at radius 1 is 1.04 bits per heavy atom. The van der Waals surface area contributed by atoms with Gasteiger partial charge in [-0.1, -0.05) is 60.7 Å². The average Bonchev–Trinajstić information content (AvgIpc) is 3.05. The molecule has 23 heavy (non-hydrogen) atoms. The molecule has 1 heterocycles. The predicted molar refractivity (Wildman–Crippen MR) is 91.4 cm³/mol. The molecule has 0 N–H and O–H groups in total. The van der Waals surface area contributed by atoms with E-state index in [9.17, 15) is 0 Å². The van der Waals surface area contributed by atoms with Gasteiger partial charge in [0.25, 0.3) is 0 Å². The van der Waals surface area contributed by atoms with Crippen molar-refractivity contribution >= 4 is 18.7 Å². The molecule has 4 heteroatoms. The number of rotatable bonds is 3. The van der Waals surface area contributed by atoms with Gasteiger partial charge in [-0.15, -0.1) is 0 Å². The summed E-state index contributed by atoms with van der Waals surface area (Å²) in [5.41, 5.74) is 4.55. The van der Waals surface area contributed by atoms with Crippen LogP contribution in [-0.4, -0.2) is 20.3 Å². The van der Waals surface area contributed by atoms with Gasteiger partial charge in [0.1, 0.15) is 0 Å². The molecule has 2 aliphatic rings. The van der Waals surface area contributed by atoms with Crippen LogP contribution in [0, 0.1) is 0 Å². The summed E-state index contributed by atoms with van der Waals surface area (Å²) in [5, 5.41) is 0. The van der Waals surface area contributed by atoms with Crippen LogP contribution >= 0.6 is 0 Å². The summed E-state index contributed by atoms with van der Waals surface area (Å²) in [7, 11) is 1.35. The molecule has 1 fully saturated rings. The monoisotopic (exact) mass is 306 g/mol. The molecule has 1 aliphatic carbocycles. The minimum absolute atomic E-state index is 0.00357. The number of benzene rings is 2. The molecule has 0 bridgehead atoms. The van der Waals surface area contributed by atoms with Crippen LogP contribution in [0.2, 0.25) is 0 Å². The lowest BCUT2D eigenvalue weighted by Crippen LogP contribution is -2.36. The van der Waals surface area contributed by atoms with Crippen LogP contribution in [0.4, 0.5) is 0 Å². The van der Waals surface area contributed by atoms with Crippen molar-refractivity contribution in [3.8, 4) is 0 Å². The first-order valence-electron chi connectivity index (χ1n) is 7.97. The first-order valence-corrected chi connectivity index (χ1v) is 7.97. The van der Waals surface area contributed by atoms with Gasteiger partial charge in [0.15, 0.2) is 0 Å². The second-order valence-electron chi connectivity index (χ2n) is 5.98. The maximum absolute atomic E-state index is 6.28. The van der Waals surface area contributed by atoms with Crippen LogP contribution < -0.4 is 5.46 Å². The summed E-state index contributed by atoms with van der Waals surface area (Å²) >= 11 is 0. The molecular formula is C19H19BO3. The summed E-state index contributed by atoms with van der Waals surface area (Å²) in [5.74, 6) is 0. The summed E-state index contributed by atoms with van der Waals surface area (Å²) < 4.78 is 17.9. The van der Waals surface area contributed by atoms with E-state index in [1.165, 1.54) is 11.1 Å². The minimum Gasteiger partial charge on any atom is -0.398 e. The molecule has 4 rings (SSSR count). The fourth-order valence-corrected chi connectivity index (χ4v) is 3.34. The van der Waals surface area contributed by atoms with Crippen molar-refractivity contribution in [1.82, 2.24) is 0 Å². The van der Waals surface area contributed by atoms with Crippen molar-refractivity contribution in [1.29, 1.82) is 0 Å². The highest BCUT2D eigenvalue weighted by molar-refractivity contribution is 6.62. The third-order valence-electron chi connectivity index (χ3n) is 4.66. The smallest absolute Gasteiger partial charge is 0.398 e. The fourth-order valence-electron chi connectivity index (χ4n) is 3.34. The molecule has 3 atom stereocenters. The highest BCUT2D eigenvalue weighted by Crippen LogP contribution is 2.38. The third-order valence-corrected chi connectivity index (χ3v) is 4.66. The van der Waals surface area contributed by atoms with Crippen LogP contribution in [0.5, 0.6) is 0 Å². The second kappa shape index (κ2) is 5.97. The number of methoxy groups -OCH3 is 1. The Morgan fingerprint density at radius 3 is 2.70 bits per heavy atom. The second-order valence-corrected chi connectivity index (χ2v) is 5.98. The molecule has 0 unspecified atom stereocenters. The third kappa shape index (κ3) is 2.53. The van der Waals surface area contributed by atoms with Gasteiger partial charge in [-0.2, -0.15) is 0 Å². The summed E-state index contributed by atoms with van der Waals surface area (Å²) in [6.45, 7) is 2.04. The van der Waals surface area contributed by atoms with Gasteiger partial charge in [0, 0.05) is 7.11 Å². The SMILES string of the molecule is CO[C@@H](C)c1ccccc1B1O[C@H]2C=Cc3ccccc3[C@H]2O1. The highest BCUT2D eigenvalue weighted by atomic mass is 16.7. The number of ether oxygens (including phenoxy) is 1. The van der Waals surface area contributed by atoms with Gasteiger partial charge < -0.3 is 14.0 Å². The van der Waals surface area contributed by atoms with Gasteiger partial charge in [-0.05, 0) is 29.1 Å². The van der Waals surface area contributed by atoms with E-state index in [0.29, 0.717) is 0 Å². The Kier molecular flexibility index (Phi) is 3.81. The van der Waals surface area contributed by atoms with Crippen LogP contribution in [-0.2, 0) is 14.0 Å². The van der Waals surface area contributed by atoms with E-state index < -0.39 is 0 Å². The minimum atomic E-state index is -0.366. The Labute approximate surface area is 137 Å². The standard InChI is InChI=1S/C19H19BO3/c1-13(21-2)15-8-5-6-10-17(15)20-22-18-12-11-14-7-3-4-9-16(14)19(18)23-20/h3-13,18-19H,1-2H3/t13-,18-,19+/m0/s1. The van der Waals surface area contributed by atoms with E-state index >= 15 is 0 Å². The molecule has 0 radical (unpaired) electrons. The zero-order valence-electron chi connectivity index (χ0n) is 13.3. The van der Waals surface area contributed by atoms with Crippen LogP contribution in [0.3, 0.4) is 0 Å². The van der Waals surface area contributed by atoms with Crippen LogP contribution in [0.15, 0.2) is 54.6 Å². The number of hydrogen-bond donors (Lipinski definition) is 0. The molecule has 0 aromatic heterocycles. The molecule has 0 spiro atoms. The number of hydrogen-bond acceptors (Lipinski definition) is 3. The lowest BCUT2D eigenvalue weighted by molar-refractivity contribution is 0.120. The van der Waals surface area contributed by atoms with E-state index in [-0.39, 0.29) is 25.4 Å². The lowest BCUT2D eigenvalue weighted by atomic mass is 9.75. The van der Waals surface area contributed by atoms with Crippen LogP contribution in [0.1, 0.15) is 35.8 Å². The highest BCUT2D eigenvalue weighted by Gasteiger charge is 2.43. The van der Waals surface area contributed by atoms with Crippen molar-refractivity contribution in [2.24, 2.45) is 0 Å². The van der Waals surface area contributed by atoms with E-state index in [4.69, 9.17) is 14.0 Å². The van der Waals surface area contributed by atoms with Crippen molar-refractivity contribution in [2.75, 3.05) is 7.11 Å². The quantitative estimate of drug-likeness (QED) is 0.815. The first-order chi connectivity index (χ1) is 11.3. The largest absolute Gasteiger partial charge is 0.495 e. The molecule has 116 valence electrons. The average molecular weight is 306 g/mol. The number of fused-ring (bicyclic) bond motifs is 3. The zero-order valence-corrected chi connectivity index (χ0v) is 13.3. The molecule has 1 saturated heterocycles. The fraction of sp³-hybridized carbons (Fsp3) is 0.263. The molecule has 0 amide bonds. The molecular weight excluding hydrogens is 287 g/mol. The topological polar surface area (TPSA) is 27.7 Å². The summed E-state index contributed by atoms with van der Waals surface area (Å²) in [6.07, 6.45) is 4.12. The van der Waals surface area contributed by atoms with Crippen molar-refractivity contribution < 1.29 is 14.0 Å². The lowest BCUT2D eigenvalue weighted by Gasteiger charge is -2.21. The molecule has 3 nitrogen and oxygen atoms in total. The van der Waals surface area contributed by atoms with Gasteiger partial charge in [-0.25, -0.2) is 0 Å². The molecule has 0 saturated carbocycles. The Hall–Kier alpha value is -1.88. The van der Waals surface area contributed by atoms with Gasteiger partial charge in [0.05, 0.1) is 18.3 Å². The Bertz CT molecular complexity index is 743. The normalized spacial score (nSPS) is 23.5. The van der Waals surface area contributed by atoms with Crippen molar-refractivity contribution in [2.45, 2.75) is 25.2 Å². The zero-order chi connectivity index (χ0) is 15.8. The maximum atomic E-state index is 6.28. The predicted octanol–water partition coefficient (Wildman–Crippen LogP) is 3.27. The molecule has 2 aromatic carbocycles. The van der Waals surface area contributed by atoms with Gasteiger partial charge >= 0.3 is 7.12 Å². The summed E-state index contributed by atoms with van der Waals surface area (Å²) in [6, 6.07) is 16.5. The molecule has 2 aromatic rings. The van der Waals surface area contributed by atoms with Crippen LogP contribution in [0.25, 0.3) is 6.08 Å². The van der Waals surface area contributed by atoms with E-state index in [0.717, 1.165) is 11.0 Å². The maximum Gasteiger partial charge on any atom is 0.495 e. The van der Waals surface area contributed by atoms with Crippen molar-refractivity contribution in [3.63, 3.8) is 0 Å². The Morgan fingerprint density at radius 2 is 1.83 bits per heavy atom. The van der Waals surface area contributed by atoms with E-state index in [2.05, 4.69) is 36.4 Å². The molecule has 1 aliphatic heterocycles. The van der Waals surface area contributed by atoms with Crippen molar-refractivity contribution in [3.05, 3.63) is 71.3 Å². The van der Waals surface area contributed by atoms with Gasteiger partial charge in [-0.3, -0.25) is 0 Å². The first kappa shape index (κ1) is 14.7. The Balaban J connectivity index is 1.67. The van der Waals surface area contributed by atoms with Gasteiger partial charge in [0.2, 0.25) is 0 Å². The summed E-state index contributed by atoms with van der Waals surface area (Å²) in [4.78, 5) is 0. The van der Waals surface area contributed by atoms with E-state index in [1.54, 1.807) is 7.11 Å². The van der Waals surface area contributed by atoms with E-state index in [1.807, 2.05) is 31.2 Å².